The second-order valence-electron chi connectivity index (χ2n) is 10.2. The highest BCUT2D eigenvalue weighted by Gasteiger charge is 2.34. The van der Waals surface area contributed by atoms with Crippen molar-refractivity contribution in [2.75, 3.05) is 51.3 Å². The largest absolute Gasteiger partial charge is 0.573 e. The predicted octanol–water partition coefficient (Wildman–Crippen LogP) is 5.77. The van der Waals surface area contributed by atoms with Crippen molar-refractivity contribution in [2.45, 2.75) is 24.1 Å². The molecule has 1 fully saturated rings. The van der Waals surface area contributed by atoms with Gasteiger partial charge in [-0.2, -0.15) is 0 Å². The summed E-state index contributed by atoms with van der Waals surface area (Å²) in [6.45, 7) is 4.66. The van der Waals surface area contributed by atoms with Gasteiger partial charge in [0.05, 0.1) is 38.1 Å². The van der Waals surface area contributed by atoms with Crippen molar-refractivity contribution in [1.82, 2.24) is 9.88 Å². The van der Waals surface area contributed by atoms with E-state index in [0.717, 1.165) is 68.4 Å². The summed E-state index contributed by atoms with van der Waals surface area (Å²) in [5.74, 6) is -0.576. The van der Waals surface area contributed by atoms with Crippen molar-refractivity contribution in [3.8, 4) is 17.2 Å². The Labute approximate surface area is 257 Å². The fraction of sp³-hybridized carbons (Fsp3) is 0.323. The van der Waals surface area contributed by atoms with Crippen LogP contribution in [0.3, 0.4) is 0 Å². The van der Waals surface area contributed by atoms with Gasteiger partial charge in [-0.3, -0.25) is 14.6 Å². The van der Waals surface area contributed by atoms with Crippen LogP contribution in [0.25, 0.3) is 10.9 Å². The molecule has 2 heterocycles. The number of anilines is 1. The second kappa shape index (κ2) is 13.9. The molecular formula is C31H31F4N3O6S. The maximum Gasteiger partial charge on any atom is 0.573 e. The summed E-state index contributed by atoms with van der Waals surface area (Å²) in [5, 5.41) is 0.723. The Morgan fingerprint density at radius 2 is 1.76 bits per heavy atom. The molecule has 0 saturated carbocycles. The summed E-state index contributed by atoms with van der Waals surface area (Å²) in [6.07, 6.45) is -2.53. The van der Waals surface area contributed by atoms with Crippen molar-refractivity contribution in [3.63, 3.8) is 0 Å². The molecule has 1 aliphatic heterocycles. The highest BCUT2D eigenvalue weighted by Crippen LogP contribution is 2.35. The molecule has 1 N–H and O–H groups in total. The Bertz CT molecular complexity index is 1750. The summed E-state index contributed by atoms with van der Waals surface area (Å²) < 4.78 is 102. The third kappa shape index (κ3) is 8.32. The van der Waals surface area contributed by atoms with E-state index in [1.165, 1.54) is 31.4 Å². The molecule has 9 nitrogen and oxygen atoms in total. The van der Waals surface area contributed by atoms with Gasteiger partial charge in [-0.1, -0.05) is 18.2 Å². The fourth-order valence-electron chi connectivity index (χ4n) is 4.98. The van der Waals surface area contributed by atoms with Gasteiger partial charge in [0.25, 0.3) is 10.0 Å². The van der Waals surface area contributed by atoms with E-state index in [-0.39, 0.29) is 17.7 Å². The molecule has 0 atom stereocenters. The highest BCUT2D eigenvalue weighted by atomic mass is 32.2. The van der Waals surface area contributed by atoms with Gasteiger partial charge in [0, 0.05) is 43.7 Å². The van der Waals surface area contributed by atoms with Crippen LogP contribution in [-0.2, 0) is 21.2 Å². The Balaban J connectivity index is 1.30. The average molecular weight is 650 g/mol. The lowest BCUT2D eigenvalue weighted by atomic mass is 10.00. The van der Waals surface area contributed by atoms with Crippen LogP contribution in [0.4, 0.5) is 23.2 Å². The molecule has 1 aromatic heterocycles. The predicted molar refractivity (Wildman–Crippen MR) is 159 cm³/mol. The van der Waals surface area contributed by atoms with Gasteiger partial charge in [-0.15, -0.1) is 13.2 Å². The van der Waals surface area contributed by atoms with Crippen LogP contribution in [0.1, 0.15) is 17.5 Å². The van der Waals surface area contributed by atoms with Crippen LogP contribution in [0, 0.1) is 5.82 Å². The molecule has 14 heteroatoms. The van der Waals surface area contributed by atoms with Crippen molar-refractivity contribution in [1.29, 1.82) is 0 Å². The summed E-state index contributed by atoms with van der Waals surface area (Å²) in [4.78, 5) is 6.03. The SMILES string of the molecule is COc1cc2c(Cc3ccc(NS(=O)(=O)c4ccccc4OC(F)(F)F)cc3F)ccnc2cc1OCCCN1CCOCC1. The van der Waals surface area contributed by atoms with Crippen LogP contribution >= 0.6 is 0 Å². The van der Waals surface area contributed by atoms with E-state index in [9.17, 15) is 21.6 Å². The number of benzene rings is 3. The van der Waals surface area contributed by atoms with E-state index in [2.05, 4.69) is 19.3 Å². The second-order valence-corrected chi connectivity index (χ2v) is 11.9. The summed E-state index contributed by atoms with van der Waals surface area (Å²) in [7, 11) is -3.01. The molecule has 1 saturated heterocycles. The smallest absolute Gasteiger partial charge is 0.493 e. The number of rotatable bonds is 12. The summed E-state index contributed by atoms with van der Waals surface area (Å²) >= 11 is 0. The number of fused-ring (bicyclic) bond motifs is 1. The van der Waals surface area contributed by atoms with Crippen LogP contribution < -0.4 is 18.9 Å². The first kappa shape index (κ1) is 32.3. The Kier molecular flexibility index (Phi) is 9.95. The molecule has 3 aromatic carbocycles. The fourth-order valence-corrected chi connectivity index (χ4v) is 6.16. The van der Waals surface area contributed by atoms with E-state index in [4.69, 9.17) is 14.2 Å². The number of hydrogen-bond donors (Lipinski definition) is 1. The van der Waals surface area contributed by atoms with Crippen LogP contribution in [-0.4, -0.2) is 71.2 Å². The molecule has 0 bridgehead atoms. The number of para-hydroxylation sites is 1. The molecule has 1 aliphatic rings. The number of alkyl halides is 3. The topological polar surface area (TPSA) is 99.2 Å². The number of methoxy groups -OCH3 is 1. The standard InChI is InChI=1S/C31H31F4N3O6S/c1-41-28-19-24-21(9-10-36-26(24)20-29(28)43-14-4-11-38-12-15-42-16-13-38)17-22-7-8-23(18-25(22)32)37-45(39,40)30-6-3-2-5-27(30)44-31(33,34)35/h2-3,5-10,18-20,37H,4,11-17H2,1H3. The molecule has 0 spiro atoms. The summed E-state index contributed by atoms with van der Waals surface area (Å²) in [5.41, 5.74) is 1.45. The molecule has 0 amide bonds. The molecular weight excluding hydrogens is 618 g/mol. The molecule has 45 heavy (non-hydrogen) atoms. The van der Waals surface area contributed by atoms with E-state index in [1.807, 2.05) is 0 Å². The lowest BCUT2D eigenvalue weighted by molar-refractivity contribution is -0.275. The van der Waals surface area contributed by atoms with E-state index in [0.29, 0.717) is 23.6 Å². The normalized spacial score (nSPS) is 14.3. The van der Waals surface area contributed by atoms with Gasteiger partial charge in [-0.25, -0.2) is 12.8 Å². The third-order valence-corrected chi connectivity index (χ3v) is 8.57. The maximum atomic E-state index is 15.3. The zero-order chi connectivity index (χ0) is 32.0. The third-order valence-electron chi connectivity index (χ3n) is 7.15. The van der Waals surface area contributed by atoms with Crippen molar-refractivity contribution < 1.29 is 44.9 Å². The minimum Gasteiger partial charge on any atom is -0.493 e. The minimum atomic E-state index is -5.10. The molecule has 0 radical (unpaired) electrons. The summed E-state index contributed by atoms with van der Waals surface area (Å²) in [6, 6.07) is 13.3. The molecule has 240 valence electrons. The number of hydrogen-bond acceptors (Lipinski definition) is 8. The van der Waals surface area contributed by atoms with E-state index >= 15 is 4.39 Å². The molecule has 4 aromatic rings. The lowest BCUT2D eigenvalue weighted by Crippen LogP contribution is -2.37. The number of sulfonamides is 1. The number of morpholine rings is 1. The maximum absolute atomic E-state index is 15.3. The van der Waals surface area contributed by atoms with Crippen molar-refractivity contribution >= 4 is 26.6 Å². The van der Waals surface area contributed by atoms with E-state index < -0.39 is 32.8 Å². The van der Waals surface area contributed by atoms with Crippen LogP contribution in [0.15, 0.2) is 71.8 Å². The van der Waals surface area contributed by atoms with Gasteiger partial charge in [0.1, 0.15) is 16.5 Å². The van der Waals surface area contributed by atoms with Crippen molar-refractivity contribution in [3.05, 3.63) is 83.8 Å². The first-order chi connectivity index (χ1) is 21.5. The molecule has 0 unspecified atom stereocenters. The van der Waals surface area contributed by atoms with Crippen LogP contribution in [0.5, 0.6) is 17.2 Å². The highest BCUT2D eigenvalue weighted by molar-refractivity contribution is 7.92. The minimum absolute atomic E-state index is 0.142. The van der Waals surface area contributed by atoms with Crippen molar-refractivity contribution in [2.24, 2.45) is 0 Å². The zero-order valence-corrected chi connectivity index (χ0v) is 25.1. The number of nitrogens with zero attached hydrogens (tertiary/aromatic N) is 2. The van der Waals surface area contributed by atoms with Gasteiger partial charge in [-0.05, 0) is 53.9 Å². The first-order valence-corrected chi connectivity index (χ1v) is 15.6. The number of ether oxygens (including phenoxy) is 4. The Hall–Kier alpha value is -4.14. The number of halogens is 4. The van der Waals surface area contributed by atoms with Gasteiger partial charge < -0.3 is 18.9 Å². The Morgan fingerprint density at radius 1 is 0.978 bits per heavy atom. The first-order valence-electron chi connectivity index (χ1n) is 14.1. The lowest BCUT2D eigenvalue weighted by Gasteiger charge is -2.26. The number of nitrogens with one attached hydrogen (secondary N) is 1. The Morgan fingerprint density at radius 3 is 2.49 bits per heavy atom. The van der Waals surface area contributed by atoms with E-state index in [1.54, 1.807) is 24.4 Å². The number of aromatic nitrogens is 1. The van der Waals surface area contributed by atoms with Crippen LogP contribution in [0.2, 0.25) is 0 Å². The number of pyridine rings is 1. The molecule has 0 aliphatic carbocycles. The average Bonchev–Trinajstić information content (AvgIpc) is 3.00. The van der Waals surface area contributed by atoms with Gasteiger partial charge in [0.15, 0.2) is 11.5 Å². The quantitative estimate of drug-likeness (QED) is 0.153. The molecule has 5 rings (SSSR count). The van der Waals surface area contributed by atoms with Gasteiger partial charge >= 0.3 is 6.36 Å². The monoisotopic (exact) mass is 649 g/mol. The van der Waals surface area contributed by atoms with Gasteiger partial charge in [0.2, 0.25) is 0 Å². The zero-order valence-electron chi connectivity index (χ0n) is 24.3.